The van der Waals surface area contributed by atoms with Crippen LogP contribution in [0.3, 0.4) is 0 Å². The summed E-state index contributed by atoms with van der Waals surface area (Å²) in [4.78, 5) is 16.9. The number of hydrogen-bond acceptors (Lipinski definition) is 5. The largest absolute Gasteiger partial charge is 0.497 e. The van der Waals surface area contributed by atoms with E-state index in [4.69, 9.17) is 9.47 Å². The number of esters is 1. The van der Waals surface area contributed by atoms with Gasteiger partial charge in [0.05, 0.1) is 12.7 Å². The van der Waals surface area contributed by atoms with Gasteiger partial charge in [0.15, 0.2) is 0 Å². The molecule has 0 aliphatic carbocycles. The van der Waals surface area contributed by atoms with Crippen molar-refractivity contribution in [3.63, 3.8) is 0 Å². The molecular weight excluding hydrogens is 352 g/mol. The van der Waals surface area contributed by atoms with Gasteiger partial charge in [-0.2, -0.15) is 0 Å². The van der Waals surface area contributed by atoms with Gasteiger partial charge in [-0.3, -0.25) is 4.90 Å². The molecule has 1 saturated heterocycles. The second-order valence-electron chi connectivity index (χ2n) is 7.59. The summed E-state index contributed by atoms with van der Waals surface area (Å²) in [6.45, 7) is 6.42. The number of rotatable bonds is 7. The van der Waals surface area contributed by atoms with Crippen LogP contribution in [0.25, 0.3) is 0 Å². The minimum absolute atomic E-state index is 0.0694. The fourth-order valence-corrected chi connectivity index (χ4v) is 4.09. The van der Waals surface area contributed by atoms with E-state index in [0.717, 1.165) is 69.0 Å². The van der Waals surface area contributed by atoms with E-state index in [0.29, 0.717) is 0 Å². The highest BCUT2D eigenvalue weighted by atomic mass is 16.5. The van der Waals surface area contributed by atoms with Gasteiger partial charge in [0.2, 0.25) is 0 Å². The van der Waals surface area contributed by atoms with Crippen LogP contribution in [0.15, 0.2) is 48.5 Å². The fraction of sp³-hybridized carbons (Fsp3) is 0.435. The number of methoxy groups -OCH3 is 1. The van der Waals surface area contributed by atoms with Gasteiger partial charge in [-0.25, -0.2) is 4.79 Å². The highest BCUT2D eigenvalue weighted by molar-refractivity contribution is 5.93. The van der Waals surface area contributed by atoms with Gasteiger partial charge in [-0.15, -0.1) is 0 Å². The third-order valence-electron chi connectivity index (χ3n) is 5.75. The summed E-state index contributed by atoms with van der Waals surface area (Å²) in [5, 5.41) is 0. The Hall–Kier alpha value is -2.37. The minimum Gasteiger partial charge on any atom is -0.497 e. The van der Waals surface area contributed by atoms with Crippen LogP contribution >= 0.6 is 0 Å². The van der Waals surface area contributed by atoms with Crippen molar-refractivity contribution in [1.29, 1.82) is 0 Å². The summed E-state index contributed by atoms with van der Waals surface area (Å²) >= 11 is 0. The summed E-state index contributed by atoms with van der Waals surface area (Å²) < 4.78 is 10.8. The van der Waals surface area contributed by atoms with E-state index in [1.165, 1.54) is 5.56 Å². The van der Waals surface area contributed by atoms with E-state index in [1.54, 1.807) is 7.11 Å². The van der Waals surface area contributed by atoms with Gasteiger partial charge in [0.25, 0.3) is 0 Å². The van der Waals surface area contributed by atoms with Crippen molar-refractivity contribution >= 4 is 5.97 Å². The zero-order valence-electron chi connectivity index (χ0n) is 16.5. The Kier molecular flexibility index (Phi) is 5.93. The van der Waals surface area contributed by atoms with Gasteiger partial charge in [-0.1, -0.05) is 30.3 Å². The highest BCUT2D eigenvalue weighted by Gasteiger charge is 2.30. The van der Waals surface area contributed by atoms with Crippen LogP contribution in [-0.2, 0) is 11.3 Å². The molecular formula is C23H28N2O3. The lowest BCUT2D eigenvalue weighted by molar-refractivity contribution is 0.0353. The average molecular weight is 380 g/mol. The Morgan fingerprint density at radius 2 is 1.71 bits per heavy atom. The third kappa shape index (κ3) is 4.37. The second kappa shape index (κ2) is 8.76. The van der Waals surface area contributed by atoms with Crippen molar-refractivity contribution in [3.8, 4) is 5.75 Å². The standard InChI is InChI=1S/C23H28N2O3/c1-27-19-10-8-18(9-11-19)17-25-15-13-24(14-16-25)12-4-7-22-20-5-2-3-6-21(20)23(26)28-22/h2-3,5-6,8-11,22H,4,7,12-17H2,1H3. The second-order valence-corrected chi connectivity index (χ2v) is 7.59. The maximum absolute atomic E-state index is 11.9. The summed E-state index contributed by atoms with van der Waals surface area (Å²) in [6, 6.07) is 16.1. The maximum Gasteiger partial charge on any atom is 0.339 e. The lowest BCUT2D eigenvalue weighted by atomic mass is 10.0. The van der Waals surface area contributed by atoms with E-state index < -0.39 is 0 Å². The lowest BCUT2D eigenvalue weighted by Crippen LogP contribution is -2.46. The van der Waals surface area contributed by atoms with Crippen LogP contribution in [0.1, 0.15) is 40.4 Å². The monoisotopic (exact) mass is 380 g/mol. The molecule has 2 aliphatic rings. The minimum atomic E-state index is -0.173. The molecule has 0 amide bonds. The van der Waals surface area contributed by atoms with Gasteiger partial charge in [-0.05, 0) is 43.1 Å². The van der Waals surface area contributed by atoms with Crippen LogP contribution in [-0.4, -0.2) is 55.6 Å². The lowest BCUT2D eigenvalue weighted by Gasteiger charge is -2.34. The number of cyclic esters (lactones) is 1. The van der Waals surface area contributed by atoms with E-state index in [-0.39, 0.29) is 12.1 Å². The first-order valence-electron chi connectivity index (χ1n) is 10.1. The van der Waals surface area contributed by atoms with Crippen molar-refractivity contribution in [2.24, 2.45) is 0 Å². The maximum atomic E-state index is 11.9. The van der Waals surface area contributed by atoms with Gasteiger partial charge < -0.3 is 14.4 Å². The number of hydrogen-bond donors (Lipinski definition) is 0. The molecule has 148 valence electrons. The molecule has 2 aromatic rings. The number of fused-ring (bicyclic) bond motifs is 1. The zero-order valence-corrected chi connectivity index (χ0v) is 16.5. The molecule has 5 heteroatoms. The molecule has 0 aromatic heterocycles. The van der Waals surface area contributed by atoms with E-state index in [2.05, 4.69) is 21.9 Å². The molecule has 0 bridgehead atoms. The number of carbonyl (C=O) groups is 1. The molecule has 0 spiro atoms. The summed E-state index contributed by atoms with van der Waals surface area (Å²) in [5.74, 6) is 0.733. The molecule has 0 N–H and O–H groups in total. The van der Waals surface area contributed by atoms with Crippen molar-refractivity contribution in [2.45, 2.75) is 25.5 Å². The van der Waals surface area contributed by atoms with Gasteiger partial charge in [0, 0.05) is 38.3 Å². The Bertz CT molecular complexity index is 798. The van der Waals surface area contributed by atoms with Crippen molar-refractivity contribution in [3.05, 3.63) is 65.2 Å². The molecule has 2 aliphatic heterocycles. The molecule has 1 atom stereocenters. The predicted octanol–water partition coefficient (Wildman–Crippen LogP) is 3.50. The molecule has 2 aromatic carbocycles. The van der Waals surface area contributed by atoms with Crippen LogP contribution in [0.2, 0.25) is 0 Å². The number of carbonyl (C=O) groups excluding carboxylic acids is 1. The van der Waals surface area contributed by atoms with Gasteiger partial charge >= 0.3 is 5.97 Å². The first kappa shape index (κ1) is 19.0. The normalized spacial score (nSPS) is 20.0. The zero-order chi connectivity index (χ0) is 19.3. The third-order valence-corrected chi connectivity index (χ3v) is 5.75. The van der Waals surface area contributed by atoms with E-state index in [1.807, 2.05) is 36.4 Å². The fourth-order valence-electron chi connectivity index (χ4n) is 4.09. The molecule has 0 radical (unpaired) electrons. The van der Waals surface area contributed by atoms with Crippen molar-refractivity contribution in [1.82, 2.24) is 9.80 Å². The Morgan fingerprint density at radius 1 is 1.00 bits per heavy atom. The number of ether oxygens (including phenoxy) is 2. The highest BCUT2D eigenvalue weighted by Crippen LogP contribution is 2.33. The Morgan fingerprint density at radius 3 is 2.46 bits per heavy atom. The Labute approximate surface area is 166 Å². The molecule has 28 heavy (non-hydrogen) atoms. The summed E-state index contributed by atoms with van der Waals surface area (Å²) in [6.07, 6.45) is 1.87. The predicted molar refractivity (Wildman–Crippen MR) is 109 cm³/mol. The molecule has 5 nitrogen and oxygen atoms in total. The first-order valence-corrected chi connectivity index (χ1v) is 10.1. The molecule has 1 unspecified atom stereocenters. The number of benzene rings is 2. The van der Waals surface area contributed by atoms with Crippen LogP contribution < -0.4 is 4.74 Å². The van der Waals surface area contributed by atoms with Crippen molar-refractivity contribution < 1.29 is 14.3 Å². The van der Waals surface area contributed by atoms with Crippen molar-refractivity contribution in [2.75, 3.05) is 39.8 Å². The smallest absolute Gasteiger partial charge is 0.339 e. The average Bonchev–Trinajstić information content (AvgIpc) is 3.06. The van der Waals surface area contributed by atoms with Crippen LogP contribution in [0, 0.1) is 0 Å². The molecule has 0 saturated carbocycles. The van der Waals surface area contributed by atoms with Crippen LogP contribution in [0.4, 0.5) is 0 Å². The van der Waals surface area contributed by atoms with E-state index in [9.17, 15) is 4.79 Å². The summed E-state index contributed by atoms with van der Waals surface area (Å²) in [7, 11) is 1.70. The quantitative estimate of drug-likeness (QED) is 0.688. The molecule has 2 heterocycles. The molecule has 1 fully saturated rings. The number of nitrogens with zero attached hydrogens (tertiary/aromatic N) is 2. The van der Waals surface area contributed by atoms with E-state index >= 15 is 0 Å². The van der Waals surface area contributed by atoms with Crippen LogP contribution in [0.5, 0.6) is 5.75 Å². The first-order chi connectivity index (χ1) is 13.7. The van der Waals surface area contributed by atoms with Gasteiger partial charge in [0.1, 0.15) is 11.9 Å². The summed E-state index contributed by atoms with van der Waals surface area (Å²) in [5.41, 5.74) is 3.12. The number of piperazine rings is 1. The SMILES string of the molecule is COc1ccc(CN2CCN(CCCC3OC(=O)c4ccccc43)CC2)cc1. The topological polar surface area (TPSA) is 42.0 Å². The molecule has 4 rings (SSSR count). The Balaban J connectivity index is 1.18.